The van der Waals surface area contributed by atoms with Crippen LogP contribution in [0.1, 0.15) is 95.2 Å². The van der Waals surface area contributed by atoms with E-state index in [0.717, 1.165) is 100 Å². The number of carbonyl (C=O) groups is 5. The number of hydrogen-bond donors (Lipinski definition) is 1. The molecular weight excluding hydrogens is 742 g/mol. The summed E-state index contributed by atoms with van der Waals surface area (Å²) in [5.41, 5.74) is 7.06. The van der Waals surface area contributed by atoms with E-state index in [2.05, 4.69) is 38.2 Å². The fourth-order valence-corrected chi connectivity index (χ4v) is 9.18. The Kier molecular flexibility index (Phi) is 13.5. The number of nitriles is 1. The average Bonchev–Trinajstić information content (AvgIpc) is 4.01. The summed E-state index contributed by atoms with van der Waals surface area (Å²) in [6, 6.07) is 10.7. The fraction of sp³-hybridized carbons (Fsp3) is 0.500. The molecule has 13 heteroatoms. The summed E-state index contributed by atoms with van der Waals surface area (Å²) >= 11 is 6.27. The van der Waals surface area contributed by atoms with Crippen LogP contribution >= 0.6 is 11.6 Å². The van der Waals surface area contributed by atoms with Crippen LogP contribution in [0.4, 0.5) is 5.69 Å². The Balaban J connectivity index is 0.000000200. The lowest BCUT2D eigenvalue weighted by Gasteiger charge is -2.42. The molecule has 3 amide bonds. The highest BCUT2D eigenvalue weighted by Crippen LogP contribution is 2.43. The Morgan fingerprint density at radius 3 is 2.25 bits per heavy atom. The van der Waals surface area contributed by atoms with Gasteiger partial charge in [-0.25, -0.2) is 0 Å². The molecule has 1 atom stereocenters. The number of anilines is 1. The number of nitrogens with one attached hydrogen (secondary N) is 1. The van der Waals surface area contributed by atoms with Crippen molar-refractivity contribution in [3.8, 4) is 6.07 Å². The molecule has 0 radical (unpaired) electrons. The number of carbonyl (C=O) groups excluding carboxylic acids is 5. The Morgan fingerprint density at radius 1 is 0.965 bits per heavy atom. The number of piperidine rings is 1. The van der Waals surface area contributed by atoms with Gasteiger partial charge in [0, 0.05) is 95.4 Å². The quantitative estimate of drug-likeness (QED) is 0.316. The fourth-order valence-electron chi connectivity index (χ4n) is 8.96. The van der Waals surface area contributed by atoms with Crippen molar-refractivity contribution in [3.05, 3.63) is 86.6 Å². The van der Waals surface area contributed by atoms with Gasteiger partial charge in [0.25, 0.3) is 5.91 Å². The van der Waals surface area contributed by atoms with Crippen molar-refractivity contribution in [1.29, 1.82) is 5.26 Å². The van der Waals surface area contributed by atoms with Crippen LogP contribution in [0.3, 0.4) is 0 Å². The van der Waals surface area contributed by atoms with Crippen LogP contribution in [0.25, 0.3) is 0 Å². The van der Waals surface area contributed by atoms with E-state index in [1.165, 1.54) is 44.0 Å². The van der Waals surface area contributed by atoms with Gasteiger partial charge < -0.3 is 29.7 Å². The Hall–Kier alpha value is -4.99. The first-order valence-electron chi connectivity index (χ1n) is 20.1. The second kappa shape index (κ2) is 18.5. The van der Waals surface area contributed by atoms with Gasteiger partial charge in [-0.05, 0) is 111 Å². The third-order valence-corrected chi connectivity index (χ3v) is 12.7. The minimum Gasteiger partial charge on any atom is -0.375 e. The highest BCUT2D eigenvalue weighted by Gasteiger charge is 2.41. The van der Waals surface area contributed by atoms with Gasteiger partial charge in [0.05, 0.1) is 16.1 Å². The molecule has 7 rings (SSSR count). The number of fused-ring (bicyclic) bond motifs is 1. The van der Waals surface area contributed by atoms with Crippen molar-refractivity contribution in [1.82, 2.24) is 24.9 Å². The van der Waals surface area contributed by atoms with Gasteiger partial charge in [-0.2, -0.15) is 5.26 Å². The molecular formula is C44H54ClN7O5. The Bertz CT molecular complexity index is 1970. The minimum atomic E-state index is -0.766. The molecule has 0 bridgehead atoms. The summed E-state index contributed by atoms with van der Waals surface area (Å²) in [5, 5.41) is 12.2. The van der Waals surface area contributed by atoms with E-state index in [4.69, 9.17) is 16.9 Å². The SMILES string of the molecule is CNC(=O)C(CCC=O)N(C)C(=O)c1cc2c(cc1C=O)CN(C)C2.N#Cc1ccc(N2CCC3(CCN(C4=CC=C(C(=O)N5CCCC5)CC4)CC3)C2)cc1Cl. The second-order valence-corrected chi connectivity index (χ2v) is 16.5. The van der Waals surface area contributed by atoms with Gasteiger partial charge in [-0.3, -0.25) is 24.1 Å². The van der Waals surface area contributed by atoms with Crippen molar-refractivity contribution < 1.29 is 24.0 Å². The van der Waals surface area contributed by atoms with Crippen LogP contribution in [0.2, 0.25) is 5.02 Å². The van der Waals surface area contributed by atoms with Crippen LogP contribution in [-0.4, -0.2) is 116 Å². The minimum absolute atomic E-state index is 0.172. The topological polar surface area (TPSA) is 137 Å². The van der Waals surface area contributed by atoms with E-state index in [1.54, 1.807) is 12.1 Å². The molecule has 0 saturated carbocycles. The van der Waals surface area contributed by atoms with E-state index in [9.17, 15) is 24.0 Å². The van der Waals surface area contributed by atoms with Crippen molar-refractivity contribution in [2.24, 2.45) is 5.41 Å². The average molecular weight is 796 g/mol. The van der Waals surface area contributed by atoms with Crippen LogP contribution in [0, 0.1) is 16.7 Å². The largest absolute Gasteiger partial charge is 0.375 e. The lowest BCUT2D eigenvalue weighted by molar-refractivity contribution is -0.126. The zero-order valence-electron chi connectivity index (χ0n) is 33.4. The lowest BCUT2D eigenvalue weighted by atomic mass is 9.77. The van der Waals surface area contributed by atoms with Crippen LogP contribution in [0.5, 0.6) is 0 Å². The number of allylic oxidation sites excluding steroid dienone is 3. The van der Waals surface area contributed by atoms with Crippen molar-refractivity contribution >= 4 is 47.6 Å². The number of amides is 3. The van der Waals surface area contributed by atoms with E-state index in [1.807, 2.05) is 30.1 Å². The molecule has 1 spiro atoms. The highest BCUT2D eigenvalue weighted by atomic mass is 35.5. The zero-order valence-corrected chi connectivity index (χ0v) is 34.2. The monoisotopic (exact) mass is 795 g/mol. The van der Waals surface area contributed by atoms with Crippen molar-refractivity contribution in [2.45, 2.75) is 76.9 Å². The molecule has 12 nitrogen and oxygen atoms in total. The normalized spacial score (nSPS) is 19.1. The number of benzene rings is 2. The molecule has 302 valence electrons. The van der Waals surface area contributed by atoms with Gasteiger partial charge in [-0.15, -0.1) is 0 Å². The number of hydrogen-bond acceptors (Lipinski definition) is 9. The van der Waals surface area contributed by atoms with Crippen LogP contribution in [-0.2, 0) is 27.5 Å². The summed E-state index contributed by atoms with van der Waals surface area (Å²) in [4.78, 5) is 70.1. The first-order valence-corrected chi connectivity index (χ1v) is 20.5. The first kappa shape index (κ1) is 41.6. The number of likely N-dealkylation sites (tertiary alicyclic amines) is 2. The zero-order chi connectivity index (χ0) is 40.7. The summed E-state index contributed by atoms with van der Waals surface area (Å²) in [5.74, 6) is -0.491. The molecule has 3 fully saturated rings. The molecule has 4 aliphatic heterocycles. The lowest BCUT2D eigenvalue weighted by Crippen LogP contribution is -2.47. The predicted molar refractivity (Wildman–Crippen MR) is 220 cm³/mol. The summed E-state index contributed by atoms with van der Waals surface area (Å²) in [6.07, 6.45) is 13.8. The molecule has 5 aliphatic rings. The molecule has 1 N–H and O–H groups in total. The second-order valence-electron chi connectivity index (χ2n) is 16.1. The van der Waals surface area contributed by atoms with E-state index in [-0.39, 0.29) is 30.2 Å². The number of likely N-dealkylation sites (N-methyl/N-ethyl adjacent to an activating group) is 2. The summed E-state index contributed by atoms with van der Waals surface area (Å²) < 4.78 is 0. The maximum absolute atomic E-state index is 12.9. The molecule has 3 saturated heterocycles. The molecule has 0 aromatic heterocycles. The smallest absolute Gasteiger partial charge is 0.255 e. The van der Waals surface area contributed by atoms with E-state index in [0.29, 0.717) is 34.4 Å². The van der Waals surface area contributed by atoms with Crippen LogP contribution in [0.15, 0.2) is 53.8 Å². The third-order valence-electron chi connectivity index (χ3n) is 12.4. The third kappa shape index (κ3) is 9.43. The van der Waals surface area contributed by atoms with Gasteiger partial charge in [0.1, 0.15) is 18.4 Å². The number of rotatable bonds is 10. The van der Waals surface area contributed by atoms with Gasteiger partial charge in [-0.1, -0.05) is 17.7 Å². The Morgan fingerprint density at radius 2 is 1.65 bits per heavy atom. The molecule has 57 heavy (non-hydrogen) atoms. The summed E-state index contributed by atoms with van der Waals surface area (Å²) in [6.45, 7) is 7.60. The summed E-state index contributed by atoms with van der Waals surface area (Å²) in [7, 11) is 4.97. The van der Waals surface area contributed by atoms with Gasteiger partial charge in [0.2, 0.25) is 11.8 Å². The molecule has 2 aromatic carbocycles. The number of halogens is 1. The van der Waals surface area contributed by atoms with Crippen molar-refractivity contribution in [2.75, 3.05) is 65.3 Å². The van der Waals surface area contributed by atoms with E-state index >= 15 is 0 Å². The molecule has 1 unspecified atom stereocenters. The van der Waals surface area contributed by atoms with Crippen molar-refractivity contribution in [3.63, 3.8) is 0 Å². The van der Waals surface area contributed by atoms with Gasteiger partial charge >= 0.3 is 0 Å². The van der Waals surface area contributed by atoms with E-state index < -0.39 is 11.9 Å². The Labute approximate surface area is 341 Å². The maximum atomic E-state index is 12.9. The molecule has 4 heterocycles. The van der Waals surface area contributed by atoms with Crippen LogP contribution < -0.4 is 10.2 Å². The predicted octanol–water partition coefficient (Wildman–Crippen LogP) is 5.34. The standard InChI is InChI=1S/C26H31ClN4O.C18H23N3O4/c27-24-17-23(8-5-21(24)18-28)31-16-11-26(19-31)9-14-29(15-10-26)22-6-3-20(4-7-22)25(32)30-12-1-2-13-30;1-19-17(24)16(5-4-6-22)21(3)18(25)15-8-13-10-20(2)9-12(13)7-14(15)11-23/h3,5-6,8,17H,1-2,4,7,9-16,19H2;6-8,11,16H,4-5,9-10H2,1-3H3,(H,19,24). The molecule has 2 aromatic rings. The highest BCUT2D eigenvalue weighted by molar-refractivity contribution is 6.32. The van der Waals surface area contributed by atoms with Gasteiger partial charge in [0.15, 0.2) is 6.29 Å². The number of nitrogens with zero attached hydrogens (tertiary/aromatic N) is 6. The number of aldehydes is 2. The molecule has 1 aliphatic carbocycles. The first-order chi connectivity index (χ1) is 27.5. The maximum Gasteiger partial charge on any atom is 0.255 e.